The second-order valence-electron chi connectivity index (χ2n) is 4.12. The van der Waals surface area contributed by atoms with E-state index >= 15 is 0 Å². The van der Waals surface area contributed by atoms with Crippen LogP contribution in [0.1, 0.15) is 12.0 Å². The van der Waals surface area contributed by atoms with Crippen LogP contribution in [-0.4, -0.2) is 31.0 Å². The van der Waals surface area contributed by atoms with Crippen LogP contribution in [0.3, 0.4) is 0 Å². The summed E-state index contributed by atoms with van der Waals surface area (Å²) in [7, 11) is 1.77. The molecular weight excluding hydrogens is 232 g/mol. The smallest absolute Gasteiger partial charge is 0.243 e. The van der Waals surface area contributed by atoms with Crippen molar-refractivity contribution in [2.75, 3.05) is 24.0 Å². The lowest BCUT2D eigenvalue weighted by Gasteiger charge is -2.21. The van der Waals surface area contributed by atoms with Crippen molar-refractivity contribution in [1.29, 1.82) is 0 Å². The van der Waals surface area contributed by atoms with Gasteiger partial charge in [-0.1, -0.05) is 12.1 Å². The Balaban J connectivity index is 2.69. The zero-order chi connectivity index (χ0) is 12.8. The van der Waals surface area contributed by atoms with Crippen LogP contribution in [0, 0.1) is 6.92 Å². The van der Waals surface area contributed by atoms with E-state index in [1.165, 1.54) is 0 Å². The number of likely N-dealkylation sites (N-methyl/N-ethyl adjacent to an activating group) is 1. The van der Waals surface area contributed by atoms with Gasteiger partial charge in [0.2, 0.25) is 5.91 Å². The van der Waals surface area contributed by atoms with E-state index in [-0.39, 0.29) is 5.91 Å². The maximum atomic E-state index is 12.1. The van der Waals surface area contributed by atoms with Crippen LogP contribution < -0.4 is 10.6 Å². The van der Waals surface area contributed by atoms with Gasteiger partial charge in [-0.25, -0.2) is 0 Å². The highest BCUT2D eigenvalue weighted by Crippen LogP contribution is 2.15. The monoisotopic (exact) mass is 252 g/mol. The number of carbonyl (C=O) groups excluding carboxylic acids is 1. The van der Waals surface area contributed by atoms with Crippen LogP contribution in [0.25, 0.3) is 0 Å². The van der Waals surface area contributed by atoms with Gasteiger partial charge in [0.05, 0.1) is 6.04 Å². The van der Waals surface area contributed by atoms with Gasteiger partial charge in [-0.15, -0.1) is 0 Å². The molecule has 0 radical (unpaired) electrons. The highest BCUT2D eigenvalue weighted by Gasteiger charge is 2.18. The number of hydrogen-bond donors (Lipinski definition) is 1. The van der Waals surface area contributed by atoms with E-state index in [0.717, 1.165) is 23.4 Å². The molecule has 17 heavy (non-hydrogen) atoms. The van der Waals surface area contributed by atoms with Crippen molar-refractivity contribution >= 4 is 23.4 Å². The highest BCUT2D eigenvalue weighted by atomic mass is 32.2. The van der Waals surface area contributed by atoms with Crippen LogP contribution in [0.2, 0.25) is 0 Å². The van der Waals surface area contributed by atoms with Crippen molar-refractivity contribution < 1.29 is 4.79 Å². The molecule has 0 spiro atoms. The van der Waals surface area contributed by atoms with Gasteiger partial charge in [-0.05, 0) is 43.0 Å². The van der Waals surface area contributed by atoms with Crippen LogP contribution in [0.15, 0.2) is 24.3 Å². The maximum Gasteiger partial charge on any atom is 0.243 e. The van der Waals surface area contributed by atoms with E-state index in [9.17, 15) is 4.79 Å². The zero-order valence-corrected chi connectivity index (χ0v) is 11.5. The van der Waals surface area contributed by atoms with Crippen molar-refractivity contribution in [3.05, 3.63) is 29.8 Å². The Labute approximate surface area is 107 Å². The number of nitrogens with two attached hydrogens (primary N) is 1. The van der Waals surface area contributed by atoms with Gasteiger partial charge in [0.15, 0.2) is 0 Å². The Morgan fingerprint density at radius 2 is 2.24 bits per heavy atom. The molecule has 0 bridgehead atoms. The summed E-state index contributed by atoms with van der Waals surface area (Å²) in [5.41, 5.74) is 7.91. The van der Waals surface area contributed by atoms with E-state index in [1.807, 2.05) is 37.4 Å². The van der Waals surface area contributed by atoms with Gasteiger partial charge in [-0.3, -0.25) is 4.79 Å². The Kier molecular flexibility index (Phi) is 5.51. The number of aryl methyl sites for hydroxylation is 1. The first-order valence-electron chi connectivity index (χ1n) is 5.65. The predicted octanol–water partition coefficient (Wildman–Crippen LogP) is 2.04. The van der Waals surface area contributed by atoms with Crippen molar-refractivity contribution in [3.8, 4) is 0 Å². The first-order valence-corrected chi connectivity index (χ1v) is 7.04. The molecule has 0 heterocycles. The number of anilines is 1. The van der Waals surface area contributed by atoms with Gasteiger partial charge in [0.25, 0.3) is 0 Å². The summed E-state index contributed by atoms with van der Waals surface area (Å²) >= 11 is 1.71. The van der Waals surface area contributed by atoms with E-state index in [4.69, 9.17) is 5.73 Å². The van der Waals surface area contributed by atoms with E-state index in [1.54, 1.807) is 23.7 Å². The van der Waals surface area contributed by atoms with Gasteiger partial charge < -0.3 is 10.6 Å². The number of nitrogens with zero attached hydrogens (tertiary/aromatic N) is 1. The number of carbonyl (C=O) groups is 1. The van der Waals surface area contributed by atoms with E-state index < -0.39 is 6.04 Å². The molecule has 0 aliphatic rings. The molecule has 2 N–H and O–H groups in total. The fourth-order valence-electron chi connectivity index (χ4n) is 1.58. The fourth-order valence-corrected chi connectivity index (χ4v) is 2.07. The van der Waals surface area contributed by atoms with Gasteiger partial charge in [0, 0.05) is 12.7 Å². The molecule has 1 rings (SSSR count). The third kappa shape index (κ3) is 4.06. The van der Waals surface area contributed by atoms with Crippen molar-refractivity contribution in [2.24, 2.45) is 5.73 Å². The molecule has 3 nitrogen and oxygen atoms in total. The summed E-state index contributed by atoms with van der Waals surface area (Å²) in [6, 6.07) is 7.45. The van der Waals surface area contributed by atoms with Crippen LogP contribution in [-0.2, 0) is 4.79 Å². The van der Waals surface area contributed by atoms with Gasteiger partial charge in [-0.2, -0.15) is 11.8 Å². The standard InChI is InChI=1S/C13H20N2OS/c1-10-5-4-6-11(9-10)15(2)13(16)12(14)7-8-17-3/h4-6,9,12H,7-8,14H2,1-3H3/t12-/m0/s1. The molecule has 0 aliphatic heterocycles. The van der Waals surface area contributed by atoms with E-state index in [2.05, 4.69) is 0 Å². The molecule has 1 aromatic rings. The Morgan fingerprint density at radius 1 is 1.53 bits per heavy atom. The molecule has 0 aliphatic carbocycles. The Hall–Kier alpha value is -1.00. The minimum Gasteiger partial charge on any atom is -0.320 e. The first-order chi connectivity index (χ1) is 8.06. The average molecular weight is 252 g/mol. The lowest BCUT2D eigenvalue weighted by atomic mass is 10.1. The maximum absolute atomic E-state index is 12.1. The highest BCUT2D eigenvalue weighted by molar-refractivity contribution is 7.98. The number of amides is 1. The molecule has 4 heteroatoms. The number of hydrogen-bond acceptors (Lipinski definition) is 3. The van der Waals surface area contributed by atoms with Crippen molar-refractivity contribution in [1.82, 2.24) is 0 Å². The predicted molar refractivity (Wildman–Crippen MR) is 75.6 cm³/mol. The topological polar surface area (TPSA) is 46.3 Å². The van der Waals surface area contributed by atoms with Crippen molar-refractivity contribution in [2.45, 2.75) is 19.4 Å². The summed E-state index contributed by atoms with van der Waals surface area (Å²) in [6.07, 6.45) is 2.73. The first kappa shape index (κ1) is 14.1. The molecule has 0 saturated carbocycles. The molecule has 0 fully saturated rings. The van der Waals surface area contributed by atoms with Crippen LogP contribution in [0.4, 0.5) is 5.69 Å². The third-order valence-electron chi connectivity index (χ3n) is 2.67. The summed E-state index contributed by atoms with van der Waals surface area (Å²) in [5.74, 6) is 0.888. The fraction of sp³-hybridized carbons (Fsp3) is 0.462. The van der Waals surface area contributed by atoms with E-state index in [0.29, 0.717) is 0 Å². The second kappa shape index (κ2) is 6.67. The Morgan fingerprint density at radius 3 is 2.82 bits per heavy atom. The summed E-state index contributed by atoms with van der Waals surface area (Å²) in [5, 5.41) is 0. The Bertz CT molecular complexity index is 381. The van der Waals surface area contributed by atoms with Gasteiger partial charge in [0.1, 0.15) is 0 Å². The average Bonchev–Trinajstić information content (AvgIpc) is 2.34. The van der Waals surface area contributed by atoms with Gasteiger partial charge >= 0.3 is 0 Å². The molecular formula is C13H20N2OS. The molecule has 0 unspecified atom stereocenters. The quantitative estimate of drug-likeness (QED) is 0.872. The summed E-state index contributed by atoms with van der Waals surface area (Å²) in [4.78, 5) is 13.7. The SMILES string of the molecule is CSCC[C@H](N)C(=O)N(C)c1cccc(C)c1. The number of thioether (sulfide) groups is 1. The normalized spacial score (nSPS) is 12.2. The third-order valence-corrected chi connectivity index (χ3v) is 3.31. The molecule has 0 saturated heterocycles. The van der Waals surface area contributed by atoms with Crippen LogP contribution in [0.5, 0.6) is 0 Å². The molecule has 1 amide bonds. The minimum atomic E-state index is -0.409. The summed E-state index contributed by atoms with van der Waals surface area (Å²) in [6.45, 7) is 2.01. The molecule has 94 valence electrons. The molecule has 1 atom stereocenters. The number of benzene rings is 1. The molecule has 0 aromatic heterocycles. The van der Waals surface area contributed by atoms with Crippen molar-refractivity contribution in [3.63, 3.8) is 0 Å². The molecule has 1 aromatic carbocycles. The van der Waals surface area contributed by atoms with Crippen LogP contribution >= 0.6 is 11.8 Å². The second-order valence-corrected chi connectivity index (χ2v) is 5.11. The summed E-state index contributed by atoms with van der Waals surface area (Å²) < 4.78 is 0. The zero-order valence-electron chi connectivity index (χ0n) is 10.6. The minimum absolute atomic E-state index is 0.0235. The number of rotatable bonds is 5. The lowest BCUT2D eigenvalue weighted by molar-refractivity contribution is -0.119. The largest absolute Gasteiger partial charge is 0.320 e. The lowest BCUT2D eigenvalue weighted by Crippen LogP contribution is -2.42.